The van der Waals surface area contributed by atoms with Gasteiger partial charge >= 0.3 is 0 Å². The van der Waals surface area contributed by atoms with Gasteiger partial charge < -0.3 is 9.80 Å². The van der Waals surface area contributed by atoms with Crippen molar-refractivity contribution in [1.82, 2.24) is 0 Å². The Balaban J connectivity index is 1.26. The Labute approximate surface area is 276 Å². The highest BCUT2D eigenvalue weighted by Crippen LogP contribution is 2.44. The number of hydrogen-bond acceptors (Lipinski definition) is 2. The highest BCUT2D eigenvalue weighted by Gasteiger charge is 2.22. The maximum atomic E-state index is 2.50. The molecule has 0 saturated heterocycles. The van der Waals surface area contributed by atoms with E-state index in [9.17, 15) is 0 Å². The van der Waals surface area contributed by atoms with E-state index in [0.29, 0.717) is 0 Å². The van der Waals surface area contributed by atoms with Crippen LogP contribution in [0, 0.1) is 0 Å². The molecule has 0 bridgehead atoms. The van der Waals surface area contributed by atoms with E-state index in [4.69, 9.17) is 0 Å². The van der Waals surface area contributed by atoms with Gasteiger partial charge in [-0.3, -0.25) is 0 Å². The van der Waals surface area contributed by atoms with Crippen LogP contribution in [0.3, 0.4) is 0 Å². The summed E-state index contributed by atoms with van der Waals surface area (Å²) < 4.78 is 2.45. The number of aromatic nitrogens is 1. The Bertz CT molecular complexity index is 2260. The van der Waals surface area contributed by atoms with Crippen LogP contribution in [-0.4, -0.2) is 35.6 Å². The number of nitrogens with zero attached hydrogens (tertiary/aromatic N) is 3. The van der Waals surface area contributed by atoms with Gasteiger partial charge in [-0.05, 0) is 72.6 Å². The lowest BCUT2D eigenvalue weighted by molar-refractivity contribution is -0.482. The van der Waals surface area contributed by atoms with Crippen molar-refractivity contribution in [3.8, 4) is 0 Å². The monoisotopic (exact) mass is 636 g/mol. The molecule has 4 heterocycles. The number of fused-ring (bicyclic) bond motifs is 8. The molecule has 2 unspecified atom stereocenters. The van der Waals surface area contributed by atoms with Crippen LogP contribution in [0.2, 0.25) is 0 Å². The van der Waals surface area contributed by atoms with Crippen molar-refractivity contribution in [3.63, 3.8) is 0 Å². The smallest absolute Gasteiger partial charge is 0.220 e. The van der Waals surface area contributed by atoms with Crippen molar-refractivity contribution < 1.29 is 4.40 Å². The minimum Gasteiger partial charge on any atom is -0.362 e. The van der Waals surface area contributed by atoms with Gasteiger partial charge in [0, 0.05) is 52.5 Å². The summed E-state index contributed by atoms with van der Waals surface area (Å²) >= 11 is 0. The van der Waals surface area contributed by atoms with E-state index in [2.05, 4.69) is 172 Å². The topological polar surface area (TPSA) is 10.6 Å². The molecule has 46 heavy (non-hydrogen) atoms. The summed E-state index contributed by atoms with van der Waals surface area (Å²) in [7, 11) is 0.139. The standard InChI is InChI=1S/C41H38N3S2/c1-3-42-29-45(40-23-11-9-21-37(40)42)25-13-15-31-27-32(16-14-26-46-30-43(4-2)38-22-10-12-24-41(38)46)44-36-20-8-7-18-34(36)33-17-5-6-19-35(33)39(44)28-31/h5-28H,3-4,29-30H2,1-2H3/q+1. The third kappa shape index (κ3) is 5.08. The van der Waals surface area contributed by atoms with Gasteiger partial charge in [0.25, 0.3) is 0 Å². The Kier molecular flexibility index (Phi) is 7.81. The molecule has 2 atom stereocenters. The van der Waals surface area contributed by atoms with Crippen LogP contribution in [0.15, 0.2) is 131 Å². The average molecular weight is 637 g/mol. The van der Waals surface area contributed by atoms with Gasteiger partial charge in [0.15, 0.2) is 0 Å². The molecule has 2 aliphatic rings. The third-order valence-electron chi connectivity index (χ3n) is 9.13. The summed E-state index contributed by atoms with van der Waals surface area (Å²) in [4.78, 5) is 7.90. The lowest BCUT2D eigenvalue weighted by atomic mass is 10.0. The van der Waals surface area contributed by atoms with Gasteiger partial charge in [0.05, 0.1) is 33.9 Å². The van der Waals surface area contributed by atoms with Crippen molar-refractivity contribution in [2.24, 2.45) is 0 Å². The first-order chi connectivity index (χ1) is 22.7. The fourth-order valence-corrected chi connectivity index (χ4v) is 10.9. The minimum absolute atomic E-state index is 0.0601. The molecule has 0 N–H and O–H groups in total. The van der Waals surface area contributed by atoms with E-state index in [1.807, 2.05) is 0 Å². The Morgan fingerprint density at radius 2 is 1.11 bits per heavy atom. The first kappa shape index (κ1) is 29.0. The largest absolute Gasteiger partial charge is 0.362 e. The zero-order chi connectivity index (χ0) is 31.0. The van der Waals surface area contributed by atoms with Gasteiger partial charge in [0.2, 0.25) is 16.7 Å². The van der Waals surface area contributed by atoms with E-state index >= 15 is 0 Å². The first-order valence-corrected chi connectivity index (χ1v) is 19.0. The van der Waals surface area contributed by atoms with Crippen LogP contribution in [0.1, 0.15) is 25.1 Å². The summed E-state index contributed by atoms with van der Waals surface area (Å²) in [5.74, 6) is 2.12. The van der Waals surface area contributed by atoms with E-state index in [1.54, 1.807) is 0 Å². The first-order valence-electron chi connectivity index (χ1n) is 16.1. The molecule has 8 rings (SSSR count). The van der Waals surface area contributed by atoms with Gasteiger partial charge in [-0.2, -0.15) is 4.40 Å². The molecule has 0 amide bonds. The van der Waals surface area contributed by atoms with Gasteiger partial charge in [-0.25, -0.2) is 0 Å². The number of anilines is 2. The molecular weight excluding hydrogens is 599 g/mol. The number of benzene rings is 4. The molecule has 228 valence electrons. The number of hydrogen-bond donors (Lipinski definition) is 0. The zero-order valence-corrected chi connectivity index (χ0v) is 28.0. The van der Waals surface area contributed by atoms with E-state index in [0.717, 1.165) is 24.8 Å². The lowest BCUT2D eigenvalue weighted by Gasteiger charge is -2.14. The summed E-state index contributed by atoms with van der Waals surface area (Å²) in [6.07, 6.45) is 9.18. The highest BCUT2D eigenvalue weighted by molar-refractivity contribution is 8.16. The Morgan fingerprint density at radius 3 is 1.74 bits per heavy atom. The molecule has 3 nitrogen and oxygen atoms in total. The van der Waals surface area contributed by atoms with Crippen LogP contribution in [-0.2, 0) is 0 Å². The molecule has 6 aromatic rings. The zero-order valence-electron chi connectivity index (χ0n) is 26.3. The lowest BCUT2D eigenvalue weighted by Crippen LogP contribution is -2.27. The quantitative estimate of drug-likeness (QED) is 0.0780. The second-order valence-electron chi connectivity index (χ2n) is 11.8. The van der Waals surface area contributed by atoms with Crippen LogP contribution in [0.5, 0.6) is 0 Å². The fourth-order valence-electron chi connectivity index (χ4n) is 6.89. The molecule has 5 heteroatoms. The van der Waals surface area contributed by atoms with Crippen molar-refractivity contribution in [3.05, 3.63) is 133 Å². The fraction of sp³-hybridized carbons (Fsp3) is 0.146. The number of para-hydroxylation sites is 3. The van der Waals surface area contributed by atoms with Crippen molar-refractivity contribution in [2.45, 2.75) is 23.6 Å². The SMILES string of the molecule is CCN1CS(=CC=Cc2cc(C=CC=S3CN(CC)c4ccccc43)[n+]3c4ccccc4c4ccccc4c3c2)c2ccccc21. The van der Waals surface area contributed by atoms with E-state index in [-0.39, 0.29) is 21.0 Å². The molecule has 2 aromatic heterocycles. The molecule has 0 saturated carbocycles. The minimum atomic E-state index is 0.0601. The molecule has 0 spiro atoms. The number of rotatable bonds is 6. The molecule has 2 aliphatic heterocycles. The second kappa shape index (κ2) is 12.4. The molecule has 0 aliphatic carbocycles. The maximum absolute atomic E-state index is 2.50. The predicted molar refractivity (Wildman–Crippen MR) is 205 cm³/mol. The molecule has 4 aromatic carbocycles. The van der Waals surface area contributed by atoms with E-state index < -0.39 is 0 Å². The molecular formula is C41H38N3S2+. The van der Waals surface area contributed by atoms with Crippen molar-refractivity contribution >= 4 is 82.4 Å². The summed E-state index contributed by atoms with van der Waals surface area (Å²) in [6.45, 7) is 6.57. The Hall–Kier alpha value is -4.45. The molecule has 0 fully saturated rings. The van der Waals surface area contributed by atoms with E-state index in [1.165, 1.54) is 59.6 Å². The number of pyridine rings is 2. The summed E-state index contributed by atoms with van der Waals surface area (Å²) in [5.41, 5.74) is 7.62. The highest BCUT2D eigenvalue weighted by atomic mass is 32.2. The second-order valence-corrected chi connectivity index (χ2v) is 15.4. The predicted octanol–water partition coefficient (Wildman–Crippen LogP) is 9.61. The normalized spacial score (nSPS) is 17.9. The van der Waals surface area contributed by atoms with Gasteiger partial charge in [-0.1, -0.05) is 66.7 Å². The summed E-state index contributed by atoms with van der Waals surface area (Å²) in [5, 5.41) is 8.66. The van der Waals surface area contributed by atoms with Crippen LogP contribution in [0.4, 0.5) is 11.4 Å². The maximum Gasteiger partial charge on any atom is 0.220 e. The van der Waals surface area contributed by atoms with Crippen LogP contribution >= 0.6 is 21.0 Å². The van der Waals surface area contributed by atoms with Crippen LogP contribution in [0.25, 0.3) is 39.3 Å². The van der Waals surface area contributed by atoms with Crippen molar-refractivity contribution in [1.29, 1.82) is 0 Å². The van der Waals surface area contributed by atoms with Gasteiger partial charge in [0.1, 0.15) is 0 Å². The number of allylic oxidation sites excluding steroid dienone is 2. The summed E-state index contributed by atoms with van der Waals surface area (Å²) in [6, 6.07) is 40.1. The van der Waals surface area contributed by atoms with Crippen LogP contribution < -0.4 is 14.2 Å². The third-order valence-corrected chi connectivity index (χ3v) is 13.1. The van der Waals surface area contributed by atoms with Gasteiger partial charge in [-0.15, -0.1) is 21.0 Å². The Morgan fingerprint density at radius 1 is 0.587 bits per heavy atom. The van der Waals surface area contributed by atoms with Crippen molar-refractivity contribution in [2.75, 3.05) is 34.6 Å². The average Bonchev–Trinajstić information content (AvgIpc) is 3.66. The molecule has 0 radical (unpaired) electrons.